The first-order chi connectivity index (χ1) is 11.2. The number of carboxylic acids is 1. The molecule has 1 fully saturated rings. The molecule has 2 aromatic rings. The van der Waals surface area contributed by atoms with Crippen molar-refractivity contribution in [3.8, 4) is 0 Å². The second kappa shape index (κ2) is 7.12. The normalized spacial score (nSPS) is 15.9. The van der Waals surface area contributed by atoms with E-state index in [4.69, 9.17) is 4.98 Å². The van der Waals surface area contributed by atoms with Gasteiger partial charge >= 0.3 is 5.97 Å². The minimum atomic E-state index is -0.845. The molecule has 122 valence electrons. The van der Waals surface area contributed by atoms with Gasteiger partial charge in [-0.1, -0.05) is 38.7 Å². The molecular weight excluding hydrogens is 286 g/mol. The Kier molecular flexibility index (Phi) is 4.94. The lowest BCUT2D eigenvalue weighted by Gasteiger charge is -2.22. The molecule has 1 aliphatic rings. The quantitative estimate of drug-likeness (QED) is 0.812. The molecule has 0 radical (unpaired) electrons. The smallest absolute Gasteiger partial charge is 0.336 e. The van der Waals surface area contributed by atoms with Crippen molar-refractivity contribution >= 4 is 16.9 Å². The van der Waals surface area contributed by atoms with E-state index in [-0.39, 0.29) is 0 Å². The number of aromatic carboxylic acids is 1. The third kappa shape index (κ3) is 3.54. The van der Waals surface area contributed by atoms with E-state index in [1.165, 1.54) is 24.8 Å². The van der Waals surface area contributed by atoms with Crippen molar-refractivity contribution in [2.45, 2.75) is 64.2 Å². The van der Waals surface area contributed by atoms with Gasteiger partial charge in [0, 0.05) is 17.0 Å². The summed E-state index contributed by atoms with van der Waals surface area (Å²) in [5.74, 6) is -0.423. The Morgan fingerprint density at radius 1 is 1.22 bits per heavy atom. The zero-order chi connectivity index (χ0) is 16.2. The number of aromatic nitrogens is 1. The largest absolute Gasteiger partial charge is 0.478 e. The van der Waals surface area contributed by atoms with Crippen LogP contribution in [0.1, 0.15) is 79.4 Å². The third-order valence-corrected chi connectivity index (χ3v) is 4.97. The Bertz CT molecular complexity index is 702. The summed E-state index contributed by atoms with van der Waals surface area (Å²) in [5.41, 5.74) is 3.41. The minimum Gasteiger partial charge on any atom is -0.478 e. The molecule has 1 aromatic carbocycles. The van der Waals surface area contributed by atoms with Crippen LogP contribution in [-0.4, -0.2) is 16.1 Å². The average Bonchev–Trinajstić information content (AvgIpc) is 2.59. The van der Waals surface area contributed by atoms with Crippen LogP contribution in [-0.2, 0) is 6.42 Å². The van der Waals surface area contributed by atoms with E-state index in [2.05, 4.69) is 13.0 Å². The van der Waals surface area contributed by atoms with Crippen LogP contribution in [0.4, 0.5) is 0 Å². The highest BCUT2D eigenvalue weighted by Crippen LogP contribution is 2.33. The standard InChI is InChI=1S/C20H25NO2/c1-2-3-7-14-10-11-18-16(12-14)17(20(22)23)13-19(21-18)15-8-5-4-6-9-15/h10-13,15H,2-9H2,1H3,(H,22,23). The first-order valence-corrected chi connectivity index (χ1v) is 8.86. The Balaban J connectivity index is 2.03. The summed E-state index contributed by atoms with van der Waals surface area (Å²) in [6, 6.07) is 7.94. The molecule has 1 aliphatic carbocycles. The highest BCUT2D eigenvalue weighted by molar-refractivity contribution is 6.02. The molecule has 1 aromatic heterocycles. The van der Waals surface area contributed by atoms with Gasteiger partial charge in [0.25, 0.3) is 0 Å². The van der Waals surface area contributed by atoms with Crippen LogP contribution >= 0.6 is 0 Å². The van der Waals surface area contributed by atoms with Crippen LogP contribution in [0.2, 0.25) is 0 Å². The molecule has 0 amide bonds. The van der Waals surface area contributed by atoms with Crippen molar-refractivity contribution in [1.29, 1.82) is 0 Å². The monoisotopic (exact) mass is 311 g/mol. The number of hydrogen-bond donors (Lipinski definition) is 1. The molecule has 0 unspecified atom stereocenters. The van der Waals surface area contributed by atoms with Crippen LogP contribution in [0.25, 0.3) is 10.9 Å². The van der Waals surface area contributed by atoms with Crippen LogP contribution in [0.5, 0.6) is 0 Å². The van der Waals surface area contributed by atoms with Crippen molar-refractivity contribution in [2.24, 2.45) is 0 Å². The molecule has 0 atom stereocenters. The van der Waals surface area contributed by atoms with Gasteiger partial charge in [-0.15, -0.1) is 0 Å². The van der Waals surface area contributed by atoms with Gasteiger partial charge < -0.3 is 5.11 Å². The molecule has 0 spiro atoms. The third-order valence-electron chi connectivity index (χ3n) is 4.97. The van der Waals surface area contributed by atoms with E-state index in [0.29, 0.717) is 11.5 Å². The summed E-state index contributed by atoms with van der Waals surface area (Å²) in [5, 5.41) is 10.4. The molecular formula is C20H25NO2. The number of aryl methyl sites for hydroxylation is 1. The molecule has 3 rings (SSSR count). The zero-order valence-corrected chi connectivity index (χ0v) is 13.8. The number of pyridine rings is 1. The van der Waals surface area contributed by atoms with E-state index in [1.807, 2.05) is 18.2 Å². The second-order valence-corrected chi connectivity index (χ2v) is 6.69. The van der Waals surface area contributed by atoms with Gasteiger partial charge in [-0.3, -0.25) is 4.98 Å². The first-order valence-electron chi connectivity index (χ1n) is 8.86. The molecule has 1 saturated carbocycles. The van der Waals surface area contributed by atoms with Gasteiger partial charge in [0.1, 0.15) is 0 Å². The van der Waals surface area contributed by atoms with E-state index in [9.17, 15) is 9.90 Å². The average molecular weight is 311 g/mol. The van der Waals surface area contributed by atoms with Crippen molar-refractivity contribution in [2.75, 3.05) is 0 Å². The Hall–Kier alpha value is -1.90. The van der Waals surface area contributed by atoms with Crippen LogP contribution < -0.4 is 0 Å². The Labute approximate surface area is 137 Å². The fourth-order valence-corrected chi connectivity index (χ4v) is 3.61. The van der Waals surface area contributed by atoms with Crippen molar-refractivity contribution in [1.82, 2.24) is 4.98 Å². The highest BCUT2D eigenvalue weighted by atomic mass is 16.4. The molecule has 1 heterocycles. The van der Waals surface area contributed by atoms with E-state index in [1.54, 1.807) is 0 Å². The maximum Gasteiger partial charge on any atom is 0.336 e. The number of carboxylic acid groups (broad SMARTS) is 1. The maximum absolute atomic E-state index is 11.7. The molecule has 23 heavy (non-hydrogen) atoms. The molecule has 0 saturated heterocycles. The van der Waals surface area contributed by atoms with Crippen molar-refractivity contribution in [3.05, 3.63) is 41.1 Å². The Morgan fingerprint density at radius 2 is 2.00 bits per heavy atom. The minimum absolute atomic E-state index is 0.411. The number of fused-ring (bicyclic) bond motifs is 1. The number of nitrogens with zero attached hydrogens (tertiary/aromatic N) is 1. The summed E-state index contributed by atoms with van der Waals surface area (Å²) < 4.78 is 0. The summed E-state index contributed by atoms with van der Waals surface area (Å²) in [6.45, 7) is 2.17. The predicted octanol–water partition coefficient (Wildman–Crippen LogP) is 5.32. The molecule has 3 nitrogen and oxygen atoms in total. The molecule has 3 heteroatoms. The SMILES string of the molecule is CCCCc1ccc2nc(C3CCCCC3)cc(C(=O)O)c2c1. The fourth-order valence-electron chi connectivity index (χ4n) is 3.61. The van der Waals surface area contributed by atoms with Crippen molar-refractivity contribution < 1.29 is 9.90 Å². The van der Waals surface area contributed by atoms with E-state index < -0.39 is 5.97 Å². The van der Waals surface area contributed by atoms with Gasteiger partial charge in [-0.2, -0.15) is 0 Å². The lowest BCUT2D eigenvalue weighted by molar-refractivity contribution is 0.0698. The lowest BCUT2D eigenvalue weighted by Crippen LogP contribution is -2.09. The van der Waals surface area contributed by atoms with Crippen molar-refractivity contribution in [3.63, 3.8) is 0 Å². The number of rotatable bonds is 5. The number of hydrogen-bond acceptors (Lipinski definition) is 2. The number of unbranched alkanes of at least 4 members (excludes halogenated alkanes) is 1. The van der Waals surface area contributed by atoms with Gasteiger partial charge in [-0.25, -0.2) is 4.79 Å². The maximum atomic E-state index is 11.7. The molecule has 0 bridgehead atoms. The van der Waals surface area contributed by atoms with Gasteiger partial charge in [-0.05, 0) is 49.4 Å². The van der Waals surface area contributed by atoms with E-state index in [0.717, 1.165) is 48.7 Å². The topological polar surface area (TPSA) is 50.2 Å². The zero-order valence-electron chi connectivity index (χ0n) is 13.8. The van der Waals surface area contributed by atoms with Crippen LogP contribution in [0.15, 0.2) is 24.3 Å². The fraction of sp³-hybridized carbons (Fsp3) is 0.500. The van der Waals surface area contributed by atoms with Gasteiger partial charge in [0.2, 0.25) is 0 Å². The Morgan fingerprint density at radius 3 is 2.70 bits per heavy atom. The predicted molar refractivity (Wildman–Crippen MR) is 93.1 cm³/mol. The summed E-state index contributed by atoms with van der Waals surface area (Å²) in [7, 11) is 0. The summed E-state index contributed by atoms with van der Waals surface area (Å²) in [6.07, 6.45) is 9.26. The second-order valence-electron chi connectivity index (χ2n) is 6.69. The number of carbonyl (C=O) groups is 1. The van der Waals surface area contributed by atoms with E-state index >= 15 is 0 Å². The summed E-state index contributed by atoms with van der Waals surface area (Å²) >= 11 is 0. The number of benzene rings is 1. The molecule has 1 N–H and O–H groups in total. The highest BCUT2D eigenvalue weighted by Gasteiger charge is 2.20. The van der Waals surface area contributed by atoms with Crippen LogP contribution in [0, 0.1) is 0 Å². The van der Waals surface area contributed by atoms with Gasteiger partial charge in [0.15, 0.2) is 0 Å². The molecule has 0 aliphatic heterocycles. The lowest BCUT2D eigenvalue weighted by atomic mass is 9.86. The van der Waals surface area contributed by atoms with Gasteiger partial charge in [0.05, 0.1) is 11.1 Å². The first kappa shape index (κ1) is 16.0. The summed E-state index contributed by atoms with van der Waals surface area (Å²) in [4.78, 5) is 16.5. The van der Waals surface area contributed by atoms with Crippen LogP contribution in [0.3, 0.4) is 0 Å².